The highest BCUT2D eigenvalue weighted by Crippen LogP contribution is 2.37. The van der Waals surface area contributed by atoms with Crippen molar-refractivity contribution in [2.24, 2.45) is 5.16 Å². The quantitative estimate of drug-likeness (QED) is 0.357. The van der Waals surface area contributed by atoms with E-state index in [1.807, 2.05) is 26.0 Å². The molecule has 4 nitrogen and oxygen atoms in total. The van der Waals surface area contributed by atoms with E-state index >= 15 is 0 Å². The first-order valence-corrected chi connectivity index (χ1v) is 5.84. The van der Waals surface area contributed by atoms with Crippen LogP contribution in [-0.4, -0.2) is 23.6 Å². The predicted molar refractivity (Wildman–Crippen MR) is 66.8 cm³/mol. The molecule has 0 atom stereocenters. The van der Waals surface area contributed by atoms with Gasteiger partial charge in [0, 0.05) is 0 Å². The number of hydrogen-bond donors (Lipinski definition) is 2. The van der Waals surface area contributed by atoms with E-state index in [0.717, 1.165) is 29.4 Å². The summed E-state index contributed by atoms with van der Waals surface area (Å²) in [7, 11) is -0.856. The molecule has 90 valence electrons. The number of fused-ring (bicyclic) bond motifs is 1. The number of rotatable bonds is 3. The van der Waals surface area contributed by atoms with Crippen molar-refractivity contribution in [3.05, 3.63) is 29.3 Å². The van der Waals surface area contributed by atoms with E-state index in [1.54, 1.807) is 6.07 Å². The molecule has 0 unspecified atom stereocenters. The lowest BCUT2D eigenvalue weighted by molar-refractivity contribution is 0.0520. The van der Waals surface area contributed by atoms with Crippen molar-refractivity contribution >= 4 is 18.8 Å². The second-order valence-electron chi connectivity index (χ2n) is 4.26. The van der Waals surface area contributed by atoms with E-state index in [1.165, 1.54) is 6.21 Å². The van der Waals surface area contributed by atoms with Gasteiger partial charge >= 0.3 is 7.12 Å². The maximum absolute atomic E-state index is 9.89. The molecule has 0 fully saturated rings. The lowest BCUT2D eigenvalue weighted by Crippen LogP contribution is -2.29. The molecule has 0 aliphatic carbocycles. The van der Waals surface area contributed by atoms with Crippen LogP contribution >= 0.6 is 0 Å². The first-order chi connectivity index (χ1) is 8.16. The van der Waals surface area contributed by atoms with Crippen molar-refractivity contribution in [1.29, 1.82) is 0 Å². The maximum atomic E-state index is 9.89. The van der Waals surface area contributed by atoms with Crippen molar-refractivity contribution in [1.82, 2.24) is 0 Å². The molecule has 0 spiro atoms. The van der Waals surface area contributed by atoms with Gasteiger partial charge in [0.05, 0.1) is 11.8 Å². The van der Waals surface area contributed by atoms with Gasteiger partial charge in [0.1, 0.15) is 0 Å². The zero-order valence-electron chi connectivity index (χ0n) is 10.1. The Hall–Kier alpha value is -1.33. The highest BCUT2D eigenvalue weighted by Gasteiger charge is 2.44. The molecular formula is C12H16BNO3. The number of hydrogen-bond acceptors (Lipinski definition) is 4. The van der Waals surface area contributed by atoms with Crippen molar-refractivity contribution in [3.8, 4) is 0 Å². The van der Waals surface area contributed by atoms with Crippen molar-refractivity contribution in [3.63, 3.8) is 0 Å². The molecule has 0 saturated carbocycles. The van der Waals surface area contributed by atoms with E-state index in [9.17, 15) is 5.02 Å². The van der Waals surface area contributed by atoms with Gasteiger partial charge in [-0.15, -0.1) is 0 Å². The van der Waals surface area contributed by atoms with Gasteiger partial charge in [0.25, 0.3) is 0 Å². The number of benzene rings is 1. The second kappa shape index (κ2) is 4.51. The Labute approximate surface area is 101 Å². The first kappa shape index (κ1) is 12.1. The van der Waals surface area contributed by atoms with Crippen LogP contribution in [0.4, 0.5) is 0 Å². The van der Waals surface area contributed by atoms with Crippen LogP contribution in [0, 0.1) is 0 Å². The standard InChI is InChI=1S/C12H16BNO3/c1-3-12(4-2)10-7-9(8-14-16)5-6-11(10)13(15)17-12/h5-8,15-16H,3-4H2,1-2H3. The normalized spacial score (nSPS) is 17.7. The third-order valence-corrected chi connectivity index (χ3v) is 3.52. The fourth-order valence-electron chi connectivity index (χ4n) is 2.47. The van der Waals surface area contributed by atoms with E-state index in [2.05, 4.69) is 5.16 Å². The molecule has 17 heavy (non-hydrogen) atoms. The average molecular weight is 233 g/mol. The Morgan fingerprint density at radius 3 is 2.71 bits per heavy atom. The summed E-state index contributed by atoms with van der Waals surface area (Å²) in [5, 5.41) is 21.5. The maximum Gasteiger partial charge on any atom is 0.492 e. The van der Waals surface area contributed by atoms with Crippen molar-refractivity contribution < 1.29 is 14.9 Å². The Balaban J connectivity index is 2.53. The molecule has 1 aromatic carbocycles. The van der Waals surface area contributed by atoms with Crippen LogP contribution < -0.4 is 5.46 Å². The predicted octanol–water partition coefficient (Wildman–Crippen LogP) is 1.23. The minimum Gasteiger partial charge on any atom is -0.423 e. The third-order valence-electron chi connectivity index (χ3n) is 3.52. The molecular weight excluding hydrogens is 217 g/mol. The van der Waals surface area contributed by atoms with Crippen molar-refractivity contribution in [2.75, 3.05) is 0 Å². The Kier molecular flexibility index (Phi) is 3.22. The third kappa shape index (κ3) is 1.85. The molecule has 1 aliphatic rings. The largest absolute Gasteiger partial charge is 0.492 e. The molecule has 1 heterocycles. The molecule has 1 aliphatic heterocycles. The Morgan fingerprint density at radius 2 is 2.12 bits per heavy atom. The van der Waals surface area contributed by atoms with Gasteiger partial charge in [-0.1, -0.05) is 31.1 Å². The van der Waals surface area contributed by atoms with Crippen LogP contribution in [0.3, 0.4) is 0 Å². The first-order valence-electron chi connectivity index (χ1n) is 5.84. The van der Waals surface area contributed by atoms with Gasteiger partial charge in [-0.2, -0.15) is 0 Å². The van der Waals surface area contributed by atoms with E-state index in [0.29, 0.717) is 0 Å². The van der Waals surface area contributed by atoms with Gasteiger partial charge in [0.15, 0.2) is 0 Å². The van der Waals surface area contributed by atoms with Crippen molar-refractivity contribution in [2.45, 2.75) is 32.3 Å². The molecule has 0 radical (unpaired) electrons. The van der Waals surface area contributed by atoms with E-state index in [4.69, 9.17) is 9.86 Å². The average Bonchev–Trinajstić information content (AvgIpc) is 2.63. The van der Waals surface area contributed by atoms with Crippen LogP contribution in [-0.2, 0) is 10.3 Å². The van der Waals surface area contributed by atoms with Gasteiger partial charge < -0.3 is 14.9 Å². The summed E-state index contributed by atoms with van der Waals surface area (Å²) >= 11 is 0. The highest BCUT2D eigenvalue weighted by molar-refractivity contribution is 6.62. The van der Waals surface area contributed by atoms with Gasteiger partial charge in [0.2, 0.25) is 0 Å². The molecule has 5 heteroatoms. The lowest BCUT2D eigenvalue weighted by atomic mass is 9.76. The minimum absolute atomic E-state index is 0.423. The molecule has 0 saturated heterocycles. The van der Waals surface area contributed by atoms with E-state index < -0.39 is 12.7 Å². The van der Waals surface area contributed by atoms with Gasteiger partial charge in [-0.25, -0.2) is 0 Å². The molecule has 2 rings (SSSR count). The SMILES string of the molecule is CCC1(CC)OB(O)c2ccc(C=NO)cc21. The van der Waals surface area contributed by atoms with Crippen LogP contribution in [0.2, 0.25) is 0 Å². The van der Waals surface area contributed by atoms with Gasteiger partial charge in [-0.05, 0) is 35.5 Å². The molecule has 0 aromatic heterocycles. The minimum atomic E-state index is -0.856. The summed E-state index contributed by atoms with van der Waals surface area (Å²) in [5.41, 5.74) is 2.18. The summed E-state index contributed by atoms with van der Waals surface area (Å²) in [4.78, 5) is 0. The van der Waals surface area contributed by atoms with E-state index in [-0.39, 0.29) is 0 Å². The van der Waals surface area contributed by atoms with Gasteiger partial charge in [-0.3, -0.25) is 0 Å². The summed E-state index contributed by atoms with van der Waals surface area (Å²) in [6, 6.07) is 5.54. The monoisotopic (exact) mass is 233 g/mol. The fraction of sp³-hybridized carbons (Fsp3) is 0.417. The second-order valence-corrected chi connectivity index (χ2v) is 4.26. The lowest BCUT2D eigenvalue weighted by Gasteiger charge is -2.28. The molecule has 0 amide bonds. The summed E-state index contributed by atoms with van der Waals surface area (Å²) in [5.74, 6) is 0. The summed E-state index contributed by atoms with van der Waals surface area (Å²) < 4.78 is 5.70. The van der Waals surface area contributed by atoms with Crippen LogP contribution in [0.1, 0.15) is 37.8 Å². The molecule has 2 N–H and O–H groups in total. The topological polar surface area (TPSA) is 62.0 Å². The highest BCUT2D eigenvalue weighted by atomic mass is 16.5. The molecule has 1 aromatic rings. The van der Waals surface area contributed by atoms with Crippen LogP contribution in [0.15, 0.2) is 23.4 Å². The van der Waals surface area contributed by atoms with Crippen LogP contribution in [0.5, 0.6) is 0 Å². The molecule has 0 bridgehead atoms. The smallest absolute Gasteiger partial charge is 0.423 e. The summed E-state index contributed by atoms with van der Waals surface area (Å²) in [6.07, 6.45) is 2.97. The fourth-order valence-corrected chi connectivity index (χ4v) is 2.47. The number of oxime groups is 1. The van der Waals surface area contributed by atoms with Crippen LogP contribution in [0.25, 0.3) is 0 Å². The Morgan fingerprint density at radius 1 is 1.41 bits per heavy atom. The zero-order valence-corrected chi connectivity index (χ0v) is 10.1. The Bertz CT molecular complexity index is 443. The number of nitrogens with zero attached hydrogens (tertiary/aromatic N) is 1. The zero-order chi connectivity index (χ0) is 12.5. The summed E-state index contributed by atoms with van der Waals surface area (Å²) in [6.45, 7) is 4.08.